The molecule has 2 aromatic heterocycles. The zero-order valence-electron chi connectivity index (χ0n) is 24.2. The van der Waals surface area contributed by atoms with Crippen LogP contribution < -0.4 is 5.32 Å². The van der Waals surface area contributed by atoms with Gasteiger partial charge in [0.2, 0.25) is 17.7 Å². The molecule has 2 amide bonds. The Bertz CT molecular complexity index is 1510. The largest absolute Gasteiger partial charge is 0.424 e. The van der Waals surface area contributed by atoms with Crippen molar-refractivity contribution in [1.82, 2.24) is 35.5 Å². The summed E-state index contributed by atoms with van der Waals surface area (Å²) < 4.78 is 6.15. The van der Waals surface area contributed by atoms with E-state index in [2.05, 4.69) is 39.6 Å². The van der Waals surface area contributed by atoms with Gasteiger partial charge in [-0.15, -0.1) is 10.2 Å². The van der Waals surface area contributed by atoms with Gasteiger partial charge in [0.05, 0.1) is 29.3 Å². The third-order valence-corrected chi connectivity index (χ3v) is 8.84. The molecule has 6 rings (SSSR count). The maximum atomic E-state index is 13.6. The number of rotatable bonds is 9. The van der Waals surface area contributed by atoms with Gasteiger partial charge in [0, 0.05) is 56.5 Å². The normalized spacial score (nSPS) is 22.1. The summed E-state index contributed by atoms with van der Waals surface area (Å²) in [6.07, 6.45) is 3.95. The average Bonchev–Trinajstić information content (AvgIpc) is 3.28. The van der Waals surface area contributed by atoms with Crippen molar-refractivity contribution >= 4 is 18.0 Å². The average molecular weight is 569 g/mol. The fourth-order valence-corrected chi connectivity index (χ4v) is 6.14. The van der Waals surface area contributed by atoms with E-state index in [9.17, 15) is 9.59 Å². The molecule has 218 valence electrons. The van der Waals surface area contributed by atoms with Crippen molar-refractivity contribution in [2.24, 2.45) is 16.7 Å². The van der Waals surface area contributed by atoms with Gasteiger partial charge in [-0.05, 0) is 36.5 Å². The number of hydrogen-bond donors (Lipinski definition) is 2. The van der Waals surface area contributed by atoms with Crippen LogP contribution in [0.3, 0.4) is 0 Å². The molecular weight excluding hydrogens is 532 g/mol. The van der Waals surface area contributed by atoms with Crippen molar-refractivity contribution < 1.29 is 14.0 Å². The van der Waals surface area contributed by atoms with E-state index in [4.69, 9.17) is 9.83 Å². The minimum absolute atomic E-state index is 0.0492. The van der Waals surface area contributed by atoms with Crippen LogP contribution in [-0.4, -0.2) is 74.4 Å². The molecule has 2 saturated heterocycles. The summed E-state index contributed by atoms with van der Waals surface area (Å²) in [5, 5.41) is 28.1. The minimum atomic E-state index is -0.386. The number of amides is 2. The fourth-order valence-electron chi connectivity index (χ4n) is 6.14. The summed E-state index contributed by atoms with van der Waals surface area (Å²) in [6, 6.07) is 13.6. The molecule has 3 aliphatic rings. The highest BCUT2D eigenvalue weighted by atomic mass is 16.4. The zero-order chi connectivity index (χ0) is 29.5. The molecule has 11 nitrogen and oxygen atoms in total. The van der Waals surface area contributed by atoms with Crippen LogP contribution in [-0.2, 0) is 22.6 Å². The number of carbonyl (C=O) groups is 2. The van der Waals surface area contributed by atoms with Gasteiger partial charge in [-0.25, -0.2) is 0 Å². The van der Waals surface area contributed by atoms with E-state index in [1.165, 1.54) is 0 Å². The first kappa shape index (κ1) is 27.7. The highest BCUT2D eigenvalue weighted by Gasteiger charge is 2.61. The Morgan fingerprint density at radius 1 is 1.05 bits per heavy atom. The Morgan fingerprint density at radius 3 is 2.45 bits per heavy atom. The number of hydrogen-bond acceptors (Lipinski definition) is 9. The van der Waals surface area contributed by atoms with Crippen molar-refractivity contribution in [2.75, 3.05) is 26.2 Å². The fraction of sp³-hybridized carbons (Fsp3) is 0.452. The predicted octanol–water partition coefficient (Wildman–Crippen LogP) is 2.88. The van der Waals surface area contributed by atoms with Crippen LogP contribution in [0.5, 0.6) is 0 Å². The first-order chi connectivity index (χ1) is 20.2. The van der Waals surface area contributed by atoms with E-state index in [-0.39, 0.29) is 40.1 Å². The standard InChI is InChI=1S/C31H36N8O3/c1-20-9-10-23(35-34-20)11-26-36-37-27(42-26)25-16-38(17-31(25)18-39(19-31)29(41)24-12-30(24,2)3)28(40)22(13-32)15-33-14-21-7-5-4-6-8-21/h4-10,13,15,24-25,32-33H,11-12,14,16-19H2,1-3H3/b22-15+,32-13?/t24-,25?/m1/s1. The smallest absolute Gasteiger partial charge is 0.256 e. The van der Waals surface area contributed by atoms with Crippen LogP contribution in [0.25, 0.3) is 0 Å². The number of likely N-dealkylation sites (tertiary alicyclic amines) is 2. The van der Waals surface area contributed by atoms with Gasteiger partial charge < -0.3 is 24.9 Å². The number of aromatic nitrogens is 4. The van der Waals surface area contributed by atoms with Crippen molar-refractivity contribution in [3.63, 3.8) is 0 Å². The minimum Gasteiger partial charge on any atom is -0.424 e. The SMILES string of the molecule is Cc1ccc(Cc2nnc(C3CN(C(=O)/C(C=N)=C/NCc4ccccc4)CC34CN(C(=O)[C@H]3CC3(C)C)C4)o2)nn1. The van der Waals surface area contributed by atoms with Gasteiger partial charge in [-0.2, -0.15) is 10.2 Å². The highest BCUT2D eigenvalue weighted by molar-refractivity contribution is 6.11. The Kier molecular flexibility index (Phi) is 7.12. The molecule has 2 N–H and O–H groups in total. The number of aryl methyl sites for hydroxylation is 1. The van der Waals surface area contributed by atoms with Gasteiger partial charge in [-0.1, -0.05) is 44.2 Å². The molecule has 3 aromatic rings. The van der Waals surface area contributed by atoms with Crippen LogP contribution in [0.2, 0.25) is 0 Å². The molecule has 0 radical (unpaired) electrons. The monoisotopic (exact) mass is 568 g/mol. The second-order valence-electron chi connectivity index (χ2n) is 12.5. The quantitative estimate of drug-likeness (QED) is 0.297. The van der Waals surface area contributed by atoms with E-state index in [0.29, 0.717) is 50.9 Å². The molecule has 1 aliphatic carbocycles. The third-order valence-electron chi connectivity index (χ3n) is 8.84. The second kappa shape index (κ2) is 10.8. The lowest BCUT2D eigenvalue weighted by atomic mass is 9.71. The van der Waals surface area contributed by atoms with Crippen molar-refractivity contribution in [3.8, 4) is 0 Å². The van der Waals surface area contributed by atoms with Crippen LogP contribution >= 0.6 is 0 Å². The highest BCUT2D eigenvalue weighted by Crippen LogP contribution is 2.55. The molecule has 1 aromatic carbocycles. The summed E-state index contributed by atoms with van der Waals surface area (Å²) in [5.74, 6) is 0.661. The van der Waals surface area contributed by atoms with Gasteiger partial charge >= 0.3 is 0 Å². The molecule has 2 aliphatic heterocycles. The Balaban J connectivity index is 1.19. The molecule has 4 heterocycles. The zero-order valence-corrected chi connectivity index (χ0v) is 24.2. The summed E-state index contributed by atoms with van der Waals surface area (Å²) in [5.41, 5.74) is 2.56. The van der Waals surface area contributed by atoms with Gasteiger partial charge in [0.1, 0.15) is 0 Å². The van der Waals surface area contributed by atoms with Gasteiger partial charge in [-0.3, -0.25) is 9.59 Å². The molecule has 0 bridgehead atoms. The van der Waals surface area contributed by atoms with Crippen LogP contribution in [0.15, 0.2) is 58.7 Å². The molecule has 11 heteroatoms. The summed E-state index contributed by atoms with van der Waals surface area (Å²) in [6.45, 7) is 8.55. The topological polar surface area (TPSA) is 141 Å². The van der Waals surface area contributed by atoms with E-state index < -0.39 is 0 Å². The second-order valence-corrected chi connectivity index (χ2v) is 12.5. The first-order valence-electron chi connectivity index (χ1n) is 14.3. The Morgan fingerprint density at radius 2 is 1.79 bits per heavy atom. The molecular formula is C31H36N8O3. The van der Waals surface area contributed by atoms with Crippen molar-refractivity contribution in [3.05, 3.63) is 83.0 Å². The lowest BCUT2D eigenvalue weighted by Gasteiger charge is -2.50. The maximum Gasteiger partial charge on any atom is 0.256 e. The van der Waals surface area contributed by atoms with Gasteiger partial charge in [0.25, 0.3) is 5.91 Å². The Labute approximate surface area is 244 Å². The lowest BCUT2D eigenvalue weighted by molar-refractivity contribution is -0.146. The van der Waals surface area contributed by atoms with E-state index in [1.54, 1.807) is 11.1 Å². The molecule has 1 unspecified atom stereocenters. The predicted molar refractivity (Wildman–Crippen MR) is 154 cm³/mol. The number of benzene rings is 1. The third kappa shape index (κ3) is 5.43. The molecule has 42 heavy (non-hydrogen) atoms. The first-order valence-corrected chi connectivity index (χ1v) is 14.3. The molecule has 1 spiro atoms. The van der Waals surface area contributed by atoms with Gasteiger partial charge in [0.15, 0.2) is 0 Å². The van der Waals surface area contributed by atoms with Crippen molar-refractivity contribution in [2.45, 2.75) is 46.1 Å². The summed E-state index contributed by atoms with van der Waals surface area (Å²) in [7, 11) is 0. The van der Waals surface area contributed by atoms with Crippen LogP contribution in [0.1, 0.15) is 54.9 Å². The van der Waals surface area contributed by atoms with Crippen LogP contribution in [0, 0.1) is 29.1 Å². The number of carbonyl (C=O) groups excluding carboxylic acids is 2. The molecule has 2 atom stereocenters. The van der Waals surface area contributed by atoms with E-state index in [1.807, 2.05) is 54.3 Å². The maximum absolute atomic E-state index is 13.6. The lowest BCUT2D eigenvalue weighted by Crippen LogP contribution is -2.62. The summed E-state index contributed by atoms with van der Waals surface area (Å²) >= 11 is 0. The Hall–Kier alpha value is -4.41. The molecule has 3 fully saturated rings. The van der Waals surface area contributed by atoms with Crippen LogP contribution in [0.4, 0.5) is 0 Å². The molecule has 1 saturated carbocycles. The number of nitrogens with zero attached hydrogens (tertiary/aromatic N) is 6. The number of nitrogens with one attached hydrogen (secondary N) is 2. The van der Waals surface area contributed by atoms with Crippen molar-refractivity contribution in [1.29, 1.82) is 5.41 Å². The van der Waals surface area contributed by atoms with E-state index in [0.717, 1.165) is 29.6 Å². The van der Waals surface area contributed by atoms with E-state index >= 15 is 0 Å². The summed E-state index contributed by atoms with van der Waals surface area (Å²) in [4.78, 5) is 30.4.